The zero-order chi connectivity index (χ0) is 14.7. The fourth-order valence-corrected chi connectivity index (χ4v) is 2.41. The number of hydrogen-bond donors (Lipinski definition) is 1. The Balaban J connectivity index is 2.43. The Bertz CT molecular complexity index is 598. The first kappa shape index (κ1) is 15.2. The van der Waals surface area contributed by atoms with Crippen molar-refractivity contribution >= 4 is 23.2 Å². The summed E-state index contributed by atoms with van der Waals surface area (Å²) in [4.78, 5) is 0. The molecule has 0 saturated heterocycles. The summed E-state index contributed by atoms with van der Waals surface area (Å²) in [7, 11) is 1.61. The molecule has 2 rings (SSSR count). The minimum Gasteiger partial charge on any atom is -0.493 e. The second kappa shape index (κ2) is 6.48. The molecule has 2 N–H and O–H groups in total. The van der Waals surface area contributed by atoms with Crippen LogP contribution in [0.1, 0.15) is 30.6 Å². The highest BCUT2D eigenvalue weighted by Gasteiger charge is 2.20. The van der Waals surface area contributed by atoms with Crippen molar-refractivity contribution in [3.63, 3.8) is 0 Å². The van der Waals surface area contributed by atoms with Crippen LogP contribution in [-0.4, -0.2) is 16.9 Å². The Hall–Kier alpha value is -1.23. The fourth-order valence-electron chi connectivity index (χ4n) is 2.10. The standard InChI is InChI=1S/C14H17Cl2N3O/c1-3-6-19-14(12(20-2)8-18-19)13(17)9-4-5-10(15)11(16)7-9/h4-5,7-8,13H,3,6,17H2,1-2H3. The van der Waals surface area contributed by atoms with E-state index < -0.39 is 0 Å². The maximum atomic E-state index is 6.34. The topological polar surface area (TPSA) is 53.1 Å². The molecular weight excluding hydrogens is 297 g/mol. The molecule has 6 heteroatoms. The Labute approximate surface area is 128 Å². The van der Waals surface area contributed by atoms with Crippen LogP contribution in [0, 0.1) is 0 Å². The third-order valence-electron chi connectivity index (χ3n) is 3.10. The van der Waals surface area contributed by atoms with Gasteiger partial charge in [0.25, 0.3) is 0 Å². The van der Waals surface area contributed by atoms with Crippen LogP contribution >= 0.6 is 23.2 Å². The lowest BCUT2D eigenvalue weighted by molar-refractivity contribution is 0.404. The van der Waals surface area contributed by atoms with E-state index in [-0.39, 0.29) is 6.04 Å². The number of aryl methyl sites for hydroxylation is 1. The van der Waals surface area contributed by atoms with E-state index in [1.54, 1.807) is 25.4 Å². The van der Waals surface area contributed by atoms with Crippen LogP contribution in [0.2, 0.25) is 10.0 Å². The maximum Gasteiger partial charge on any atom is 0.161 e. The molecule has 1 heterocycles. The summed E-state index contributed by atoms with van der Waals surface area (Å²) in [5.41, 5.74) is 8.06. The van der Waals surface area contributed by atoms with Gasteiger partial charge in [0.1, 0.15) is 5.69 Å². The molecule has 0 bridgehead atoms. The molecule has 0 amide bonds. The monoisotopic (exact) mass is 313 g/mol. The number of ether oxygens (including phenoxy) is 1. The highest BCUT2D eigenvalue weighted by atomic mass is 35.5. The van der Waals surface area contributed by atoms with Crippen LogP contribution in [0.25, 0.3) is 0 Å². The van der Waals surface area contributed by atoms with E-state index in [0.717, 1.165) is 24.2 Å². The van der Waals surface area contributed by atoms with Crippen molar-refractivity contribution < 1.29 is 4.74 Å². The predicted octanol–water partition coefficient (Wildman–Crippen LogP) is 3.66. The van der Waals surface area contributed by atoms with Gasteiger partial charge in [-0.2, -0.15) is 5.10 Å². The zero-order valence-corrected chi connectivity index (χ0v) is 12.9. The van der Waals surface area contributed by atoms with E-state index >= 15 is 0 Å². The van der Waals surface area contributed by atoms with Crippen molar-refractivity contribution in [2.75, 3.05) is 7.11 Å². The molecule has 1 aromatic heterocycles. The summed E-state index contributed by atoms with van der Waals surface area (Å²) in [6, 6.07) is 5.01. The van der Waals surface area contributed by atoms with Gasteiger partial charge in [0.2, 0.25) is 0 Å². The summed E-state index contributed by atoms with van der Waals surface area (Å²) in [5, 5.41) is 5.31. The number of halogens is 2. The number of aromatic nitrogens is 2. The average Bonchev–Trinajstić information content (AvgIpc) is 2.84. The molecule has 1 aromatic carbocycles. The Morgan fingerprint density at radius 2 is 2.10 bits per heavy atom. The molecule has 0 saturated carbocycles. The largest absolute Gasteiger partial charge is 0.493 e. The van der Waals surface area contributed by atoms with Crippen molar-refractivity contribution in [3.8, 4) is 5.75 Å². The summed E-state index contributed by atoms with van der Waals surface area (Å²) in [6.07, 6.45) is 2.65. The van der Waals surface area contributed by atoms with Gasteiger partial charge in [0.15, 0.2) is 5.75 Å². The molecule has 108 valence electrons. The third kappa shape index (κ3) is 2.92. The fraction of sp³-hybridized carbons (Fsp3) is 0.357. The van der Waals surface area contributed by atoms with E-state index in [0.29, 0.717) is 15.8 Å². The number of methoxy groups -OCH3 is 1. The molecule has 1 atom stereocenters. The number of nitrogens with two attached hydrogens (primary N) is 1. The maximum absolute atomic E-state index is 6.34. The first-order valence-corrected chi connectivity index (χ1v) is 7.14. The molecule has 0 aliphatic heterocycles. The molecule has 0 aliphatic rings. The smallest absolute Gasteiger partial charge is 0.161 e. The Kier molecular flexibility index (Phi) is 4.91. The van der Waals surface area contributed by atoms with Gasteiger partial charge in [-0.15, -0.1) is 0 Å². The highest BCUT2D eigenvalue weighted by molar-refractivity contribution is 6.42. The van der Waals surface area contributed by atoms with Crippen molar-refractivity contribution in [1.82, 2.24) is 9.78 Å². The molecule has 20 heavy (non-hydrogen) atoms. The lowest BCUT2D eigenvalue weighted by Gasteiger charge is -2.16. The Morgan fingerprint density at radius 1 is 1.35 bits per heavy atom. The van der Waals surface area contributed by atoms with Gasteiger partial charge in [-0.3, -0.25) is 4.68 Å². The van der Waals surface area contributed by atoms with E-state index in [1.807, 2.05) is 10.7 Å². The van der Waals surface area contributed by atoms with Crippen LogP contribution in [-0.2, 0) is 6.54 Å². The van der Waals surface area contributed by atoms with Crippen LogP contribution in [0.5, 0.6) is 5.75 Å². The molecular formula is C14H17Cl2N3O. The minimum absolute atomic E-state index is 0.367. The normalized spacial score (nSPS) is 12.4. The number of nitrogens with zero attached hydrogens (tertiary/aromatic N) is 2. The molecule has 0 aliphatic carbocycles. The van der Waals surface area contributed by atoms with E-state index in [1.165, 1.54) is 0 Å². The van der Waals surface area contributed by atoms with Gasteiger partial charge < -0.3 is 10.5 Å². The molecule has 0 fully saturated rings. The second-order valence-corrected chi connectivity index (χ2v) is 5.29. The number of hydrogen-bond acceptors (Lipinski definition) is 3. The summed E-state index contributed by atoms with van der Waals surface area (Å²) in [5.74, 6) is 0.678. The first-order valence-electron chi connectivity index (χ1n) is 6.38. The SMILES string of the molecule is CCCn1ncc(OC)c1C(N)c1ccc(Cl)c(Cl)c1. The van der Waals surface area contributed by atoms with Gasteiger partial charge in [-0.25, -0.2) is 0 Å². The number of benzene rings is 1. The highest BCUT2D eigenvalue weighted by Crippen LogP contribution is 2.31. The van der Waals surface area contributed by atoms with Gasteiger partial charge >= 0.3 is 0 Å². The van der Waals surface area contributed by atoms with Gasteiger partial charge in [0, 0.05) is 6.54 Å². The summed E-state index contributed by atoms with van der Waals surface area (Å²) in [6.45, 7) is 2.87. The predicted molar refractivity (Wildman–Crippen MR) is 81.6 cm³/mol. The minimum atomic E-state index is -0.367. The first-order chi connectivity index (χ1) is 9.58. The molecule has 2 aromatic rings. The summed E-state index contributed by atoms with van der Waals surface area (Å²) >= 11 is 12.0. The van der Waals surface area contributed by atoms with Crippen LogP contribution in [0.15, 0.2) is 24.4 Å². The van der Waals surface area contributed by atoms with Crippen molar-refractivity contribution in [2.45, 2.75) is 25.9 Å². The van der Waals surface area contributed by atoms with Gasteiger partial charge in [-0.05, 0) is 24.1 Å². The van der Waals surface area contributed by atoms with Crippen LogP contribution < -0.4 is 10.5 Å². The second-order valence-electron chi connectivity index (χ2n) is 4.47. The van der Waals surface area contributed by atoms with E-state index in [9.17, 15) is 0 Å². The molecule has 0 radical (unpaired) electrons. The zero-order valence-electron chi connectivity index (χ0n) is 11.4. The molecule has 4 nitrogen and oxygen atoms in total. The van der Waals surface area contributed by atoms with Crippen molar-refractivity contribution in [3.05, 3.63) is 45.7 Å². The number of rotatable bonds is 5. The van der Waals surface area contributed by atoms with Crippen molar-refractivity contribution in [1.29, 1.82) is 0 Å². The van der Waals surface area contributed by atoms with Crippen LogP contribution in [0.3, 0.4) is 0 Å². The van der Waals surface area contributed by atoms with Crippen molar-refractivity contribution in [2.24, 2.45) is 5.73 Å². The summed E-state index contributed by atoms with van der Waals surface area (Å²) < 4.78 is 7.21. The van der Waals surface area contributed by atoms with E-state index in [4.69, 9.17) is 33.7 Å². The lowest BCUT2D eigenvalue weighted by Crippen LogP contribution is -2.18. The third-order valence-corrected chi connectivity index (χ3v) is 3.84. The van der Waals surface area contributed by atoms with Gasteiger partial charge in [0.05, 0.1) is 29.4 Å². The lowest BCUT2D eigenvalue weighted by atomic mass is 10.0. The van der Waals surface area contributed by atoms with Crippen LogP contribution in [0.4, 0.5) is 0 Å². The van der Waals surface area contributed by atoms with Gasteiger partial charge in [-0.1, -0.05) is 36.2 Å². The molecule has 0 spiro atoms. The average molecular weight is 314 g/mol. The molecule has 1 unspecified atom stereocenters. The Morgan fingerprint density at radius 3 is 2.70 bits per heavy atom. The van der Waals surface area contributed by atoms with E-state index in [2.05, 4.69) is 12.0 Å². The quantitative estimate of drug-likeness (QED) is 0.916.